The Morgan fingerprint density at radius 2 is 1.79 bits per heavy atom. The van der Waals surface area contributed by atoms with Gasteiger partial charge in [0.2, 0.25) is 0 Å². The zero-order valence-electron chi connectivity index (χ0n) is 18.5. The SMILES string of the molecule is CCNC(=NCC(C)N1CCN(C)CC1)N1CCN(c2cc(Cl)ccc2C)CC1. The van der Waals surface area contributed by atoms with Crippen molar-refractivity contribution >= 4 is 23.2 Å². The largest absolute Gasteiger partial charge is 0.368 e. The molecule has 0 saturated carbocycles. The maximum atomic E-state index is 6.23. The molecule has 3 rings (SSSR count). The third-order valence-corrected chi connectivity index (χ3v) is 6.33. The molecule has 6 nitrogen and oxygen atoms in total. The highest BCUT2D eigenvalue weighted by Gasteiger charge is 2.22. The van der Waals surface area contributed by atoms with E-state index in [-0.39, 0.29) is 0 Å². The van der Waals surface area contributed by atoms with Gasteiger partial charge >= 0.3 is 0 Å². The number of aryl methyl sites for hydroxylation is 1. The molecule has 1 atom stereocenters. The molecule has 0 aliphatic carbocycles. The average molecular weight is 421 g/mol. The number of aliphatic imine (C=N–C) groups is 1. The first kappa shape index (κ1) is 22.2. The quantitative estimate of drug-likeness (QED) is 0.584. The summed E-state index contributed by atoms with van der Waals surface area (Å²) in [6, 6.07) is 6.64. The van der Waals surface area contributed by atoms with Crippen LogP contribution in [0.25, 0.3) is 0 Å². The van der Waals surface area contributed by atoms with Gasteiger partial charge in [0.05, 0.1) is 6.54 Å². The van der Waals surface area contributed by atoms with Gasteiger partial charge in [-0.25, -0.2) is 0 Å². The molecule has 2 saturated heterocycles. The lowest BCUT2D eigenvalue weighted by Crippen LogP contribution is -2.53. The van der Waals surface area contributed by atoms with Gasteiger partial charge in [-0.05, 0) is 45.5 Å². The van der Waals surface area contributed by atoms with Crippen molar-refractivity contribution in [3.8, 4) is 0 Å². The van der Waals surface area contributed by atoms with E-state index in [0.29, 0.717) is 6.04 Å². The fraction of sp³-hybridized carbons (Fsp3) is 0.682. The highest BCUT2D eigenvalue weighted by molar-refractivity contribution is 6.30. The normalized spacial score (nSPS) is 20.8. The lowest BCUT2D eigenvalue weighted by molar-refractivity contribution is 0.122. The van der Waals surface area contributed by atoms with Gasteiger partial charge in [-0.15, -0.1) is 0 Å². The summed E-state index contributed by atoms with van der Waals surface area (Å²) in [6.45, 7) is 16.9. The third-order valence-electron chi connectivity index (χ3n) is 6.09. The Morgan fingerprint density at radius 1 is 1.10 bits per heavy atom. The highest BCUT2D eigenvalue weighted by Crippen LogP contribution is 2.25. The third kappa shape index (κ3) is 6.00. The number of piperazine rings is 2. The van der Waals surface area contributed by atoms with Gasteiger partial charge in [0.25, 0.3) is 0 Å². The first-order valence-corrected chi connectivity index (χ1v) is 11.3. The minimum absolute atomic E-state index is 0.479. The Bertz CT molecular complexity index is 678. The summed E-state index contributed by atoms with van der Waals surface area (Å²) >= 11 is 6.23. The standard InChI is InChI=1S/C22H37ClN6/c1-5-24-22(25-17-19(3)27-10-8-26(4)9-11-27)29-14-12-28(13-15-29)21-16-20(23)7-6-18(21)2/h6-7,16,19H,5,8-15,17H2,1-4H3,(H,24,25). The van der Waals surface area contributed by atoms with Crippen molar-refractivity contribution in [1.82, 2.24) is 20.0 Å². The van der Waals surface area contributed by atoms with E-state index in [1.807, 2.05) is 6.07 Å². The van der Waals surface area contributed by atoms with Gasteiger partial charge < -0.3 is 20.0 Å². The molecule has 0 bridgehead atoms. The second kappa shape index (κ2) is 10.5. The summed E-state index contributed by atoms with van der Waals surface area (Å²) in [5.74, 6) is 1.05. The number of nitrogens with zero attached hydrogens (tertiary/aromatic N) is 5. The molecule has 0 aromatic heterocycles. The summed E-state index contributed by atoms with van der Waals surface area (Å²) in [5, 5.41) is 4.31. The molecular weight excluding hydrogens is 384 g/mol. The Kier molecular flexibility index (Phi) is 8.04. The van der Waals surface area contributed by atoms with Gasteiger partial charge in [-0.2, -0.15) is 0 Å². The van der Waals surface area contributed by atoms with Crippen LogP contribution in [-0.2, 0) is 0 Å². The molecule has 1 unspecified atom stereocenters. The number of rotatable bonds is 5. The van der Waals surface area contributed by atoms with Crippen molar-refractivity contribution in [2.24, 2.45) is 4.99 Å². The van der Waals surface area contributed by atoms with Crippen molar-refractivity contribution in [2.45, 2.75) is 26.8 Å². The summed E-state index contributed by atoms with van der Waals surface area (Å²) in [4.78, 5) is 14.8. The predicted octanol–water partition coefficient (Wildman–Crippen LogP) is 2.37. The zero-order chi connectivity index (χ0) is 20.8. The molecule has 0 spiro atoms. The van der Waals surface area contributed by atoms with E-state index in [2.05, 4.69) is 64.9 Å². The van der Waals surface area contributed by atoms with Crippen LogP contribution in [0.4, 0.5) is 5.69 Å². The van der Waals surface area contributed by atoms with E-state index >= 15 is 0 Å². The number of benzene rings is 1. The minimum atomic E-state index is 0.479. The van der Waals surface area contributed by atoms with E-state index in [0.717, 1.165) is 76.4 Å². The molecule has 1 aromatic rings. The number of hydrogen-bond acceptors (Lipinski definition) is 4. The molecular formula is C22H37ClN6. The van der Waals surface area contributed by atoms with Crippen molar-refractivity contribution in [2.75, 3.05) is 77.4 Å². The lowest BCUT2D eigenvalue weighted by atomic mass is 10.1. The van der Waals surface area contributed by atoms with Crippen LogP contribution in [0.1, 0.15) is 19.4 Å². The van der Waals surface area contributed by atoms with Gasteiger partial charge in [0.1, 0.15) is 0 Å². The molecule has 2 aliphatic heterocycles. The topological polar surface area (TPSA) is 37.4 Å². The van der Waals surface area contributed by atoms with Crippen LogP contribution >= 0.6 is 11.6 Å². The monoisotopic (exact) mass is 420 g/mol. The van der Waals surface area contributed by atoms with Crippen LogP contribution in [-0.4, -0.2) is 99.2 Å². The lowest BCUT2D eigenvalue weighted by Gasteiger charge is -2.39. The van der Waals surface area contributed by atoms with Crippen LogP contribution in [0.15, 0.2) is 23.2 Å². The Balaban J connectivity index is 1.57. The van der Waals surface area contributed by atoms with Gasteiger partial charge in [0, 0.05) is 75.7 Å². The molecule has 2 heterocycles. The summed E-state index contributed by atoms with van der Waals surface area (Å²) in [7, 11) is 2.20. The first-order chi connectivity index (χ1) is 14.0. The predicted molar refractivity (Wildman–Crippen MR) is 124 cm³/mol. The minimum Gasteiger partial charge on any atom is -0.368 e. The highest BCUT2D eigenvalue weighted by atomic mass is 35.5. The van der Waals surface area contributed by atoms with E-state index in [1.165, 1.54) is 11.3 Å². The van der Waals surface area contributed by atoms with Crippen LogP contribution in [0.3, 0.4) is 0 Å². The Hall–Kier alpha value is -1.50. The maximum absolute atomic E-state index is 6.23. The first-order valence-electron chi connectivity index (χ1n) is 10.9. The molecule has 0 radical (unpaired) electrons. The number of hydrogen-bond donors (Lipinski definition) is 1. The molecule has 2 aliphatic rings. The smallest absolute Gasteiger partial charge is 0.194 e. The van der Waals surface area contributed by atoms with Gasteiger partial charge in [-0.1, -0.05) is 17.7 Å². The molecule has 0 amide bonds. The van der Waals surface area contributed by atoms with E-state index in [9.17, 15) is 0 Å². The summed E-state index contributed by atoms with van der Waals surface area (Å²) in [6.07, 6.45) is 0. The van der Waals surface area contributed by atoms with Crippen molar-refractivity contribution < 1.29 is 0 Å². The molecule has 2 fully saturated rings. The fourth-order valence-corrected chi connectivity index (χ4v) is 4.27. The maximum Gasteiger partial charge on any atom is 0.194 e. The van der Waals surface area contributed by atoms with Crippen LogP contribution in [0.5, 0.6) is 0 Å². The molecule has 1 N–H and O–H groups in total. The second-order valence-electron chi connectivity index (χ2n) is 8.29. The number of nitrogens with one attached hydrogen (secondary N) is 1. The number of likely N-dealkylation sites (N-methyl/N-ethyl adjacent to an activating group) is 1. The fourth-order valence-electron chi connectivity index (χ4n) is 4.10. The number of halogens is 1. The Labute approximate surface area is 181 Å². The van der Waals surface area contributed by atoms with Gasteiger partial charge in [-0.3, -0.25) is 9.89 Å². The van der Waals surface area contributed by atoms with Crippen LogP contribution in [0.2, 0.25) is 5.02 Å². The van der Waals surface area contributed by atoms with Crippen LogP contribution < -0.4 is 10.2 Å². The number of anilines is 1. The number of guanidine groups is 1. The van der Waals surface area contributed by atoms with E-state index in [1.54, 1.807) is 0 Å². The summed E-state index contributed by atoms with van der Waals surface area (Å²) < 4.78 is 0. The van der Waals surface area contributed by atoms with Gasteiger partial charge in [0.15, 0.2) is 5.96 Å². The summed E-state index contributed by atoms with van der Waals surface area (Å²) in [5.41, 5.74) is 2.53. The second-order valence-corrected chi connectivity index (χ2v) is 8.72. The Morgan fingerprint density at radius 3 is 2.45 bits per heavy atom. The van der Waals surface area contributed by atoms with Crippen molar-refractivity contribution in [3.05, 3.63) is 28.8 Å². The molecule has 1 aromatic carbocycles. The molecule has 7 heteroatoms. The van der Waals surface area contributed by atoms with Crippen LogP contribution in [0, 0.1) is 6.92 Å². The van der Waals surface area contributed by atoms with E-state index < -0.39 is 0 Å². The zero-order valence-corrected chi connectivity index (χ0v) is 19.3. The van der Waals surface area contributed by atoms with Crippen molar-refractivity contribution in [1.29, 1.82) is 0 Å². The molecule has 29 heavy (non-hydrogen) atoms. The molecule has 162 valence electrons. The van der Waals surface area contributed by atoms with Crippen molar-refractivity contribution in [3.63, 3.8) is 0 Å². The van der Waals surface area contributed by atoms with E-state index in [4.69, 9.17) is 16.6 Å². The average Bonchev–Trinajstić information content (AvgIpc) is 2.73.